The summed E-state index contributed by atoms with van der Waals surface area (Å²) in [7, 11) is 1.82. The van der Waals surface area contributed by atoms with E-state index in [1.807, 2.05) is 18.0 Å². The molecule has 1 N–H and O–H groups in total. The molecule has 8 nitrogen and oxygen atoms in total. The van der Waals surface area contributed by atoms with Gasteiger partial charge in [0, 0.05) is 23.1 Å². The second kappa shape index (κ2) is 7.89. The molecule has 2 aromatic heterocycles. The van der Waals surface area contributed by atoms with Gasteiger partial charge in [0.25, 0.3) is 5.69 Å². The highest BCUT2D eigenvalue weighted by molar-refractivity contribution is 7.14. The zero-order valence-electron chi connectivity index (χ0n) is 13.9. The van der Waals surface area contributed by atoms with E-state index in [1.165, 1.54) is 23.5 Å². The van der Waals surface area contributed by atoms with Crippen LogP contribution in [0.5, 0.6) is 0 Å². The van der Waals surface area contributed by atoms with E-state index in [0.29, 0.717) is 22.9 Å². The van der Waals surface area contributed by atoms with E-state index in [9.17, 15) is 14.9 Å². The summed E-state index contributed by atoms with van der Waals surface area (Å²) in [4.78, 5) is 28.7. The Kier molecular flexibility index (Phi) is 5.40. The third-order valence-corrected chi connectivity index (χ3v) is 4.28. The minimum atomic E-state index is -0.451. The Hall–Kier alpha value is -3.04. The Morgan fingerprint density at radius 3 is 2.96 bits per heavy atom. The maximum atomic E-state index is 12.1. The molecular weight excluding hydrogens is 356 g/mol. The number of aromatic nitrogens is 1. The number of non-ortho nitro benzene ring substituents is 1. The molecule has 0 aliphatic heterocycles. The standard InChI is InChI=1S/C17H16N4O4S/c1-20(9-14-6-3-7-25-14)10-16(22)19-17-18-15(11-26-17)12-4-2-5-13(8-12)21(23)24/h2-8,11H,9-10H2,1H3,(H,18,19,22). The van der Waals surface area contributed by atoms with Gasteiger partial charge in [-0.2, -0.15) is 0 Å². The number of hydrogen-bond donors (Lipinski definition) is 1. The predicted octanol–water partition coefficient (Wildman–Crippen LogP) is 3.38. The Bertz CT molecular complexity index is 907. The summed E-state index contributed by atoms with van der Waals surface area (Å²) in [6, 6.07) is 9.87. The maximum absolute atomic E-state index is 12.1. The average molecular weight is 372 g/mol. The smallest absolute Gasteiger partial charge is 0.270 e. The molecule has 0 spiro atoms. The van der Waals surface area contributed by atoms with E-state index in [1.54, 1.807) is 29.8 Å². The molecule has 9 heteroatoms. The van der Waals surface area contributed by atoms with Crippen molar-refractivity contribution in [3.05, 3.63) is 63.9 Å². The molecule has 0 aliphatic carbocycles. The van der Waals surface area contributed by atoms with Crippen molar-refractivity contribution in [2.75, 3.05) is 18.9 Å². The molecule has 0 atom stereocenters. The Labute approximate surface area is 153 Å². The van der Waals surface area contributed by atoms with Gasteiger partial charge in [0.2, 0.25) is 5.91 Å². The van der Waals surface area contributed by atoms with E-state index in [4.69, 9.17) is 4.42 Å². The number of thiazole rings is 1. The minimum Gasteiger partial charge on any atom is -0.468 e. The van der Waals surface area contributed by atoms with Crippen molar-refractivity contribution in [2.24, 2.45) is 0 Å². The van der Waals surface area contributed by atoms with Crippen LogP contribution in [0.1, 0.15) is 5.76 Å². The summed E-state index contributed by atoms with van der Waals surface area (Å²) in [6.07, 6.45) is 1.59. The molecule has 0 saturated heterocycles. The van der Waals surface area contributed by atoms with Gasteiger partial charge in [-0.05, 0) is 19.2 Å². The first-order valence-electron chi connectivity index (χ1n) is 7.72. The first-order chi connectivity index (χ1) is 12.5. The maximum Gasteiger partial charge on any atom is 0.270 e. The van der Waals surface area contributed by atoms with Crippen LogP contribution in [0.25, 0.3) is 11.3 Å². The number of hydrogen-bond acceptors (Lipinski definition) is 7. The Morgan fingerprint density at radius 1 is 1.38 bits per heavy atom. The van der Waals surface area contributed by atoms with Crippen molar-refractivity contribution in [1.29, 1.82) is 0 Å². The highest BCUT2D eigenvalue weighted by Gasteiger charge is 2.13. The number of nitro groups is 1. The molecule has 0 fully saturated rings. The first kappa shape index (κ1) is 17.8. The number of nitrogens with one attached hydrogen (secondary N) is 1. The highest BCUT2D eigenvalue weighted by Crippen LogP contribution is 2.27. The van der Waals surface area contributed by atoms with Gasteiger partial charge >= 0.3 is 0 Å². The van der Waals surface area contributed by atoms with Crippen molar-refractivity contribution in [2.45, 2.75) is 6.54 Å². The van der Waals surface area contributed by atoms with Crippen molar-refractivity contribution < 1.29 is 14.1 Å². The van der Waals surface area contributed by atoms with Gasteiger partial charge in [-0.15, -0.1) is 11.3 Å². The number of amides is 1. The van der Waals surface area contributed by atoms with E-state index in [-0.39, 0.29) is 18.1 Å². The Morgan fingerprint density at radius 2 is 2.23 bits per heavy atom. The van der Waals surface area contributed by atoms with Crippen LogP contribution in [0.3, 0.4) is 0 Å². The molecule has 3 rings (SSSR count). The lowest BCUT2D eigenvalue weighted by Crippen LogP contribution is -2.29. The fourth-order valence-electron chi connectivity index (χ4n) is 2.37. The van der Waals surface area contributed by atoms with Gasteiger partial charge in [0.15, 0.2) is 5.13 Å². The molecule has 1 aromatic carbocycles. The van der Waals surface area contributed by atoms with Crippen molar-refractivity contribution >= 4 is 28.1 Å². The van der Waals surface area contributed by atoms with Gasteiger partial charge in [0.1, 0.15) is 5.76 Å². The number of nitrogens with zero attached hydrogens (tertiary/aromatic N) is 3. The molecule has 1 amide bonds. The molecular formula is C17H16N4O4S. The first-order valence-corrected chi connectivity index (χ1v) is 8.60. The zero-order chi connectivity index (χ0) is 18.5. The number of nitro benzene ring substituents is 1. The monoisotopic (exact) mass is 372 g/mol. The largest absolute Gasteiger partial charge is 0.468 e. The SMILES string of the molecule is CN(CC(=O)Nc1nc(-c2cccc([N+](=O)[O-])c2)cs1)Cc1ccco1. The predicted molar refractivity (Wildman–Crippen MR) is 97.9 cm³/mol. The van der Waals surface area contributed by atoms with Crippen LogP contribution in [-0.4, -0.2) is 34.3 Å². The van der Waals surface area contributed by atoms with E-state index in [2.05, 4.69) is 10.3 Å². The molecule has 0 aliphatic rings. The molecule has 3 aromatic rings. The van der Waals surface area contributed by atoms with Gasteiger partial charge < -0.3 is 9.73 Å². The number of carbonyl (C=O) groups excluding carboxylic acids is 1. The van der Waals surface area contributed by atoms with E-state index < -0.39 is 4.92 Å². The quantitative estimate of drug-likeness (QED) is 0.504. The lowest BCUT2D eigenvalue weighted by molar-refractivity contribution is -0.384. The van der Waals surface area contributed by atoms with Crippen LogP contribution in [0.4, 0.5) is 10.8 Å². The summed E-state index contributed by atoms with van der Waals surface area (Å²) < 4.78 is 5.25. The summed E-state index contributed by atoms with van der Waals surface area (Å²) in [5.41, 5.74) is 1.21. The fourth-order valence-corrected chi connectivity index (χ4v) is 3.11. The number of likely N-dealkylation sites (N-methyl/N-ethyl adjacent to an activating group) is 1. The second-order valence-electron chi connectivity index (χ2n) is 5.65. The van der Waals surface area contributed by atoms with E-state index in [0.717, 1.165) is 5.76 Å². The number of rotatable bonds is 7. The van der Waals surface area contributed by atoms with Gasteiger partial charge in [-0.3, -0.25) is 19.8 Å². The number of furan rings is 1. The van der Waals surface area contributed by atoms with Crippen molar-refractivity contribution in [3.63, 3.8) is 0 Å². The lowest BCUT2D eigenvalue weighted by atomic mass is 10.1. The van der Waals surface area contributed by atoms with Crippen LogP contribution in [0.2, 0.25) is 0 Å². The number of carbonyl (C=O) groups is 1. The third-order valence-electron chi connectivity index (χ3n) is 3.52. The number of anilines is 1. The molecule has 0 saturated carbocycles. The average Bonchev–Trinajstić information content (AvgIpc) is 3.26. The summed E-state index contributed by atoms with van der Waals surface area (Å²) >= 11 is 1.27. The van der Waals surface area contributed by atoms with Crippen LogP contribution in [0.15, 0.2) is 52.5 Å². The molecule has 2 heterocycles. The summed E-state index contributed by atoms with van der Waals surface area (Å²) in [6.45, 7) is 0.712. The zero-order valence-corrected chi connectivity index (χ0v) is 14.7. The minimum absolute atomic E-state index is 0.000589. The molecule has 26 heavy (non-hydrogen) atoms. The molecule has 0 bridgehead atoms. The van der Waals surface area contributed by atoms with Gasteiger partial charge in [0.05, 0.1) is 30.0 Å². The normalized spacial score (nSPS) is 10.8. The topological polar surface area (TPSA) is 102 Å². The molecule has 0 radical (unpaired) electrons. The van der Waals surface area contributed by atoms with E-state index >= 15 is 0 Å². The third kappa shape index (κ3) is 4.52. The summed E-state index contributed by atoms with van der Waals surface area (Å²) in [5, 5.41) is 15.8. The second-order valence-corrected chi connectivity index (χ2v) is 6.50. The Balaban J connectivity index is 1.60. The fraction of sp³-hybridized carbons (Fsp3) is 0.176. The van der Waals surface area contributed by atoms with Crippen LogP contribution >= 0.6 is 11.3 Å². The van der Waals surface area contributed by atoms with Gasteiger partial charge in [-0.25, -0.2) is 4.98 Å². The van der Waals surface area contributed by atoms with Gasteiger partial charge in [-0.1, -0.05) is 12.1 Å². The number of benzene rings is 1. The molecule has 134 valence electrons. The van der Waals surface area contributed by atoms with Crippen LogP contribution < -0.4 is 5.32 Å². The van der Waals surface area contributed by atoms with Crippen molar-refractivity contribution in [1.82, 2.24) is 9.88 Å². The van der Waals surface area contributed by atoms with Crippen molar-refractivity contribution in [3.8, 4) is 11.3 Å². The van der Waals surface area contributed by atoms with Crippen LogP contribution in [-0.2, 0) is 11.3 Å². The highest BCUT2D eigenvalue weighted by atomic mass is 32.1. The molecule has 0 unspecified atom stereocenters. The summed E-state index contributed by atoms with van der Waals surface area (Å²) in [5.74, 6) is 0.585. The lowest BCUT2D eigenvalue weighted by Gasteiger charge is -2.13. The van der Waals surface area contributed by atoms with Crippen LogP contribution in [0, 0.1) is 10.1 Å².